The first-order chi connectivity index (χ1) is 9.13. The quantitative estimate of drug-likeness (QED) is 0.708. The average molecular weight is 286 g/mol. The fourth-order valence-corrected chi connectivity index (χ4v) is 1.78. The molecule has 1 aromatic heterocycles. The molecule has 0 amide bonds. The third-order valence-corrected chi connectivity index (χ3v) is 2.96. The van der Waals surface area contributed by atoms with Crippen LogP contribution in [0.15, 0.2) is 12.1 Å². The number of ether oxygens (including phenoxy) is 1. The summed E-state index contributed by atoms with van der Waals surface area (Å²) in [5.74, 6) is 0.649. The second kappa shape index (κ2) is 9.13. The summed E-state index contributed by atoms with van der Waals surface area (Å²) in [5, 5.41) is 3.98. The molecule has 0 spiro atoms. The van der Waals surface area contributed by atoms with Crippen molar-refractivity contribution in [1.29, 1.82) is 0 Å². The van der Waals surface area contributed by atoms with Gasteiger partial charge in [-0.25, -0.2) is 4.98 Å². The molecule has 0 saturated carbocycles. The molecule has 5 heteroatoms. The first-order valence-electron chi connectivity index (χ1n) is 6.77. The highest BCUT2D eigenvalue weighted by atomic mass is 35.5. The van der Waals surface area contributed by atoms with Crippen molar-refractivity contribution in [3.05, 3.63) is 22.8 Å². The molecule has 0 fully saturated rings. The number of aromatic nitrogens is 1. The first kappa shape index (κ1) is 16.2. The van der Waals surface area contributed by atoms with Gasteiger partial charge in [0.05, 0.1) is 17.3 Å². The van der Waals surface area contributed by atoms with Crippen molar-refractivity contribution >= 4 is 11.6 Å². The predicted molar refractivity (Wildman–Crippen MR) is 79.9 cm³/mol. The normalized spacial score (nSPS) is 11.0. The van der Waals surface area contributed by atoms with Gasteiger partial charge in [-0.2, -0.15) is 0 Å². The Morgan fingerprint density at radius 1 is 1.37 bits per heavy atom. The topological polar surface area (TPSA) is 37.4 Å². The molecule has 1 aromatic rings. The van der Waals surface area contributed by atoms with E-state index in [1.165, 1.54) is 0 Å². The smallest absolute Gasteiger partial charge is 0.213 e. The third kappa shape index (κ3) is 6.76. The summed E-state index contributed by atoms with van der Waals surface area (Å²) in [6.07, 6.45) is 2.08. The van der Waals surface area contributed by atoms with Crippen molar-refractivity contribution in [2.24, 2.45) is 0 Å². The molecule has 0 aliphatic rings. The Morgan fingerprint density at radius 2 is 2.16 bits per heavy atom. The predicted octanol–water partition coefficient (Wildman–Crippen LogP) is 2.57. The monoisotopic (exact) mass is 285 g/mol. The van der Waals surface area contributed by atoms with Crippen molar-refractivity contribution in [1.82, 2.24) is 15.2 Å². The fraction of sp³-hybridized carbons (Fsp3) is 0.643. The maximum atomic E-state index is 6.11. The van der Waals surface area contributed by atoms with Gasteiger partial charge in [-0.15, -0.1) is 0 Å². The van der Waals surface area contributed by atoms with E-state index in [2.05, 4.69) is 36.2 Å². The number of rotatable bonds is 9. The van der Waals surface area contributed by atoms with Crippen LogP contribution in [0.4, 0.5) is 0 Å². The molecule has 1 heterocycles. The minimum atomic E-state index is 0.649. The molecule has 19 heavy (non-hydrogen) atoms. The molecular weight excluding hydrogens is 262 g/mol. The lowest BCUT2D eigenvalue weighted by molar-refractivity contribution is 0.272. The molecule has 0 atom stereocenters. The van der Waals surface area contributed by atoms with Gasteiger partial charge in [-0.05, 0) is 39.5 Å². The Kier molecular flexibility index (Phi) is 7.79. The van der Waals surface area contributed by atoms with Crippen LogP contribution < -0.4 is 10.1 Å². The zero-order chi connectivity index (χ0) is 14.1. The van der Waals surface area contributed by atoms with E-state index < -0.39 is 0 Å². The highest BCUT2D eigenvalue weighted by Crippen LogP contribution is 2.18. The molecule has 0 saturated heterocycles. The summed E-state index contributed by atoms with van der Waals surface area (Å²) < 4.78 is 5.63. The van der Waals surface area contributed by atoms with E-state index in [4.69, 9.17) is 16.3 Å². The van der Waals surface area contributed by atoms with Crippen molar-refractivity contribution < 1.29 is 4.74 Å². The number of hydrogen-bond acceptors (Lipinski definition) is 4. The summed E-state index contributed by atoms with van der Waals surface area (Å²) >= 11 is 6.11. The van der Waals surface area contributed by atoms with Crippen molar-refractivity contribution in [3.8, 4) is 5.88 Å². The average Bonchev–Trinajstić information content (AvgIpc) is 2.38. The van der Waals surface area contributed by atoms with Crippen LogP contribution in [0.1, 0.15) is 25.5 Å². The van der Waals surface area contributed by atoms with Crippen molar-refractivity contribution in [2.45, 2.75) is 26.3 Å². The molecule has 0 radical (unpaired) electrons. The molecular formula is C14H24ClN3O. The highest BCUT2D eigenvalue weighted by molar-refractivity contribution is 6.31. The Bertz CT molecular complexity index is 372. The summed E-state index contributed by atoms with van der Waals surface area (Å²) in [7, 11) is 4.11. The van der Waals surface area contributed by atoms with Gasteiger partial charge >= 0.3 is 0 Å². The molecule has 1 rings (SSSR count). The molecule has 0 aliphatic heterocycles. The van der Waals surface area contributed by atoms with E-state index in [-0.39, 0.29) is 0 Å². The summed E-state index contributed by atoms with van der Waals surface area (Å²) in [6, 6.07) is 3.67. The molecule has 1 N–H and O–H groups in total. The fourth-order valence-electron chi connectivity index (χ4n) is 1.61. The molecule has 0 unspecified atom stereocenters. The van der Waals surface area contributed by atoms with Crippen LogP contribution in [-0.2, 0) is 6.54 Å². The van der Waals surface area contributed by atoms with Crippen LogP contribution in [0.2, 0.25) is 5.02 Å². The maximum Gasteiger partial charge on any atom is 0.213 e. The third-order valence-electron chi connectivity index (χ3n) is 2.61. The Labute approximate surface area is 121 Å². The lowest BCUT2D eigenvalue weighted by Gasteiger charge is -2.11. The van der Waals surface area contributed by atoms with Crippen molar-refractivity contribution in [3.63, 3.8) is 0 Å². The minimum absolute atomic E-state index is 0.649. The zero-order valence-corrected chi connectivity index (χ0v) is 12.8. The second-order valence-corrected chi connectivity index (χ2v) is 5.17. The van der Waals surface area contributed by atoms with Gasteiger partial charge in [0, 0.05) is 19.2 Å². The van der Waals surface area contributed by atoms with E-state index in [1.807, 2.05) is 12.1 Å². The Balaban J connectivity index is 2.43. The van der Waals surface area contributed by atoms with Crippen LogP contribution in [-0.4, -0.2) is 43.7 Å². The Hall–Kier alpha value is -0.840. The number of halogens is 1. The highest BCUT2D eigenvalue weighted by Gasteiger charge is 2.04. The molecule has 0 bridgehead atoms. The minimum Gasteiger partial charge on any atom is -0.478 e. The van der Waals surface area contributed by atoms with Gasteiger partial charge in [-0.1, -0.05) is 18.5 Å². The SMILES string of the molecule is CCCNCc1nc(OCCCN(C)C)ccc1Cl. The van der Waals surface area contributed by atoms with Crippen LogP contribution in [0.3, 0.4) is 0 Å². The van der Waals surface area contributed by atoms with Gasteiger partial charge in [0.15, 0.2) is 0 Å². The zero-order valence-electron chi connectivity index (χ0n) is 12.1. The van der Waals surface area contributed by atoms with Gasteiger partial charge in [0.1, 0.15) is 0 Å². The van der Waals surface area contributed by atoms with Gasteiger partial charge in [0.25, 0.3) is 0 Å². The Morgan fingerprint density at radius 3 is 2.84 bits per heavy atom. The van der Waals surface area contributed by atoms with Crippen LogP contribution in [0, 0.1) is 0 Å². The van der Waals surface area contributed by atoms with E-state index in [0.29, 0.717) is 24.1 Å². The number of nitrogens with one attached hydrogen (secondary N) is 1. The second-order valence-electron chi connectivity index (χ2n) is 4.76. The summed E-state index contributed by atoms with van der Waals surface area (Å²) in [4.78, 5) is 6.57. The molecule has 0 aromatic carbocycles. The largest absolute Gasteiger partial charge is 0.478 e. The number of nitrogens with zero attached hydrogens (tertiary/aromatic N) is 2. The lowest BCUT2D eigenvalue weighted by Crippen LogP contribution is -2.17. The maximum absolute atomic E-state index is 6.11. The van der Waals surface area contributed by atoms with E-state index in [9.17, 15) is 0 Å². The molecule has 4 nitrogen and oxygen atoms in total. The van der Waals surface area contributed by atoms with E-state index >= 15 is 0 Å². The van der Waals surface area contributed by atoms with Gasteiger partial charge in [0.2, 0.25) is 5.88 Å². The van der Waals surface area contributed by atoms with Crippen LogP contribution in [0.25, 0.3) is 0 Å². The standard InChI is InChI=1S/C14H24ClN3O/c1-4-8-16-11-13-12(15)6-7-14(17-13)19-10-5-9-18(2)3/h6-7,16H,4-5,8-11H2,1-3H3. The number of pyridine rings is 1. The summed E-state index contributed by atoms with van der Waals surface area (Å²) in [5.41, 5.74) is 0.847. The number of hydrogen-bond donors (Lipinski definition) is 1. The van der Waals surface area contributed by atoms with Crippen LogP contribution in [0.5, 0.6) is 5.88 Å². The van der Waals surface area contributed by atoms with Gasteiger partial charge < -0.3 is 15.0 Å². The summed E-state index contributed by atoms with van der Waals surface area (Å²) in [6.45, 7) is 5.47. The molecule has 108 valence electrons. The van der Waals surface area contributed by atoms with Crippen molar-refractivity contribution in [2.75, 3.05) is 33.8 Å². The lowest BCUT2D eigenvalue weighted by atomic mass is 10.3. The van der Waals surface area contributed by atoms with E-state index in [0.717, 1.165) is 31.6 Å². The first-order valence-corrected chi connectivity index (χ1v) is 7.15. The van der Waals surface area contributed by atoms with E-state index in [1.54, 1.807) is 0 Å². The van der Waals surface area contributed by atoms with Gasteiger partial charge in [-0.3, -0.25) is 0 Å². The van der Waals surface area contributed by atoms with Crippen LogP contribution >= 0.6 is 11.6 Å². The molecule has 0 aliphatic carbocycles.